The monoisotopic (exact) mass is 450 g/mol. The third-order valence-electron chi connectivity index (χ3n) is 4.20. The Labute approximate surface area is 183 Å². The van der Waals surface area contributed by atoms with Crippen LogP contribution in [0.3, 0.4) is 0 Å². The first-order valence-electron chi connectivity index (χ1n) is 8.61. The molecule has 0 bridgehead atoms. The van der Waals surface area contributed by atoms with Crippen molar-refractivity contribution in [2.45, 2.75) is 13.8 Å². The number of halogens is 3. The summed E-state index contributed by atoms with van der Waals surface area (Å²) < 4.78 is 11.2. The number of hydrogen-bond donors (Lipinski definition) is 1. The number of nitrogens with one attached hydrogen (secondary N) is 1. The lowest BCUT2D eigenvalue weighted by Gasteiger charge is -2.09. The molecule has 3 aromatic rings. The highest BCUT2D eigenvalue weighted by Crippen LogP contribution is 2.35. The predicted octanol–water partition coefficient (Wildman–Crippen LogP) is 6.05. The van der Waals surface area contributed by atoms with E-state index in [2.05, 4.69) is 10.5 Å². The lowest BCUT2D eigenvalue weighted by molar-refractivity contribution is -0.123. The predicted molar refractivity (Wildman–Crippen MR) is 116 cm³/mol. The van der Waals surface area contributed by atoms with Gasteiger partial charge in [-0.05, 0) is 55.3 Å². The normalized spacial score (nSPS) is 11.1. The Balaban J connectivity index is 1.58. The summed E-state index contributed by atoms with van der Waals surface area (Å²) in [6, 6.07) is 12.3. The summed E-state index contributed by atoms with van der Waals surface area (Å²) in [6.07, 6.45) is 1.38. The third-order valence-corrected chi connectivity index (χ3v) is 5.23. The number of carbonyl (C=O) groups excluding carboxylic acids is 1. The SMILES string of the molecule is Cc1cccc(OCC(=O)N/N=C\c2ccc(-c3cc(Cl)c(Cl)cc3Cl)o2)c1C. The van der Waals surface area contributed by atoms with E-state index in [0.717, 1.165) is 11.1 Å². The summed E-state index contributed by atoms with van der Waals surface area (Å²) in [4.78, 5) is 11.9. The highest BCUT2D eigenvalue weighted by Gasteiger charge is 2.11. The smallest absolute Gasteiger partial charge is 0.277 e. The van der Waals surface area contributed by atoms with E-state index in [4.69, 9.17) is 44.0 Å². The minimum absolute atomic E-state index is 0.149. The largest absolute Gasteiger partial charge is 0.483 e. The zero-order valence-electron chi connectivity index (χ0n) is 15.6. The molecule has 150 valence electrons. The summed E-state index contributed by atoms with van der Waals surface area (Å²) in [7, 11) is 0. The van der Waals surface area contributed by atoms with E-state index in [9.17, 15) is 4.79 Å². The molecule has 0 aliphatic carbocycles. The highest BCUT2D eigenvalue weighted by molar-refractivity contribution is 6.44. The molecule has 0 aliphatic rings. The van der Waals surface area contributed by atoms with Gasteiger partial charge in [0.1, 0.15) is 17.3 Å². The fourth-order valence-corrected chi connectivity index (χ4v) is 3.14. The Morgan fingerprint density at radius 3 is 2.66 bits per heavy atom. The van der Waals surface area contributed by atoms with Gasteiger partial charge in [-0.25, -0.2) is 5.43 Å². The molecule has 1 aromatic heterocycles. The highest BCUT2D eigenvalue weighted by atomic mass is 35.5. The van der Waals surface area contributed by atoms with Gasteiger partial charge in [0.25, 0.3) is 5.91 Å². The number of hydrazone groups is 1. The van der Waals surface area contributed by atoms with Crippen LogP contribution in [0, 0.1) is 13.8 Å². The van der Waals surface area contributed by atoms with Gasteiger partial charge in [-0.1, -0.05) is 46.9 Å². The number of furan rings is 1. The average molecular weight is 452 g/mol. The Morgan fingerprint density at radius 1 is 1.10 bits per heavy atom. The van der Waals surface area contributed by atoms with Gasteiger partial charge in [0, 0.05) is 5.56 Å². The number of rotatable bonds is 6. The van der Waals surface area contributed by atoms with E-state index < -0.39 is 0 Å². The second-order valence-electron chi connectivity index (χ2n) is 6.23. The van der Waals surface area contributed by atoms with Gasteiger partial charge in [-0.3, -0.25) is 4.79 Å². The maximum Gasteiger partial charge on any atom is 0.277 e. The van der Waals surface area contributed by atoms with Gasteiger partial charge in [-0.15, -0.1) is 0 Å². The van der Waals surface area contributed by atoms with Gasteiger partial charge in [0.2, 0.25) is 0 Å². The van der Waals surface area contributed by atoms with Crippen LogP contribution < -0.4 is 10.2 Å². The fourth-order valence-electron chi connectivity index (χ4n) is 2.50. The lowest BCUT2D eigenvalue weighted by Crippen LogP contribution is -2.24. The third kappa shape index (κ3) is 5.32. The molecule has 0 spiro atoms. The zero-order valence-corrected chi connectivity index (χ0v) is 17.9. The van der Waals surface area contributed by atoms with E-state index >= 15 is 0 Å². The summed E-state index contributed by atoms with van der Waals surface area (Å²) in [6.45, 7) is 3.77. The van der Waals surface area contributed by atoms with Gasteiger partial charge in [0.05, 0.1) is 21.3 Å². The number of nitrogens with zero attached hydrogens (tertiary/aromatic N) is 1. The van der Waals surface area contributed by atoms with E-state index in [1.807, 2.05) is 32.0 Å². The zero-order chi connectivity index (χ0) is 21.0. The molecule has 2 aromatic carbocycles. The fraction of sp³-hybridized carbons (Fsp3) is 0.143. The van der Waals surface area contributed by atoms with Crippen LogP contribution in [0.4, 0.5) is 0 Å². The maximum absolute atomic E-state index is 11.9. The van der Waals surface area contributed by atoms with Gasteiger partial charge < -0.3 is 9.15 Å². The number of ether oxygens (including phenoxy) is 1. The lowest BCUT2D eigenvalue weighted by atomic mass is 10.1. The first-order chi connectivity index (χ1) is 13.8. The second-order valence-corrected chi connectivity index (χ2v) is 7.45. The molecule has 3 rings (SSSR count). The van der Waals surface area contributed by atoms with Crippen molar-refractivity contribution < 1.29 is 13.9 Å². The Hall–Kier alpha value is -2.47. The Kier molecular flexibility index (Phi) is 6.85. The van der Waals surface area contributed by atoms with E-state index in [1.54, 1.807) is 24.3 Å². The van der Waals surface area contributed by atoms with Crippen molar-refractivity contribution in [1.29, 1.82) is 0 Å². The first-order valence-corrected chi connectivity index (χ1v) is 9.74. The average Bonchev–Trinajstić information content (AvgIpc) is 3.14. The van der Waals surface area contributed by atoms with Crippen molar-refractivity contribution in [2.24, 2.45) is 5.10 Å². The van der Waals surface area contributed by atoms with E-state index in [1.165, 1.54) is 6.21 Å². The van der Waals surface area contributed by atoms with Crippen LogP contribution >= 0.6 is 34.8 Å². The molecule has 1 heterocycles. The van der Waals surface area contributed by atoms with Gasteiger partial charge in [-0.2, -0.15) is 5.10 Å². The second kappa shape index (κ2) is 9.35. The van der Waals surface area contributed by atoms with Crippen molar-refractivity contribution >= 4 is 46.9 Å². The summed E-state index contributed by atoms with van der Waals surface area (Å²) >= 11 is 18.2. The molecule has 29 heavy (non-hydrogen) atoms. The molecule has 0 fully saturated rings. The molecule has 1 N–H and O–H groups in total. The van der Waals surface area contributed by atoms with Gasteiger partial charge >= 0.3 is 0 Å². The molecule has 5 nitrogen and oxygen atoms in total. The number of benzene rings is 2. The van der Waals surface area contributed by atoms with Crippen LogP contribution in [0.15, 0.2) is 52.0 Å². The Morgan fingerprint density at radius 2 is 1.86 bits per heavy atom. The molecule has 0 radical (unpaired) electrons. The molecule has 0 aliphatic heterocycles. The molecular formula is C21H17Cl3N2O3. The van der Waals surface area contributed by atoms with E-state index in [0.29, 0.717) is 37.9 Å². The van der Waals surface area contributed by atoms with E-state index in [-0.39, 0.29) is 12.5 Å². The molecule has 1 amide bonds. The van der Waals surface area contributed by atoms with Crippen molar-refractivity contribution in [2.75, 3.05) is 6.61 Å². The number of carbonyl (C=O) groups is 1. The molecule has 0 unspecified atom stereocenters. The van der Waals surface area contributed by atoms with Crippen molar-refractivity contribution in [3.63, 3.8) is 0 Å². The first kappa shape index (κ1) is 21.2. The van der Waals surface area contributed by atoms with Crippen LogP contribution in [-0.4, -0.2) is 18.7 Å². The van der Waals surface area contributed by atoms with Gasteiger partial charge in [0.15, 0.2) is 6.61 Å². The van der Waals surface area contributed by atoms with Crippen LogP contribution in [0.5, 0.6) is 5.75 Å². The maximum atomic E-state index is 11.9. The molecule has 0 saturated carbocycles. The molecule has 8 heteroatoms. The summed E-state index contributed by atoms with van der Waals surface area (Å²) in [5.74, 6) is 1.21. The van der Waals surface area contributed by atoms with Crippen LogP contribution in [-0.2, 0) is 4.79 Å². The van der Waals surface area contributed by atoms with Crippen LogP contribution in [0.25, 0.3) is 11.3 Å². The van der Waals surface area contributed by atoms with Crippen LogP contribution in [0.1, 0.15) is 16.9 Å². The minimum Gasteiger partial charge on any atom is -0.483 e. The van der Waals surface area contributed by atoms with Crippen LogP contribution in [0.2, 0.25) is 15.1 Å². The number of aryl methyl sites for hydroxylation is 1. The van der Waals surface area contributed by atoms with Crippen molar-refractivity contribution in [3.8, 4) is 17.1 Å². The quantitative estimate of drug-likeness (QED) is 0.282. The molecule has 0 saturated heterocycles. The topological polar surface area (TPSA) is 63.8 Å². The number of hydrogen-bond acceptors (Lipinski definition) is 4. The Bertz CT molecular complexity index is 1080. The molecular weight excluding hydrogens is 435 g/mol. The minimum atomic E-state index is -0.388. The summed E-state index contributed by atoms with van der Waals surface area (Å²) in [5, 5.41) is 5.02. The number of amides is 1. The standard InChI is InChI=1S/C21H17Cl3N2O3/c1-12-4-3-5-19(13(12)2)28-11-21(27)26-25-10-14-6-7-20(29-14)15-8-17(23)18(24)9-16(15)22/h3-10H,11H2,1-2H3,(H,26,27)/b25-10-. The van der Waals surface area contributed by atoms with Crippen molar-refractivity contribution in [3.05, 3.63) is 74.4 Å². The summed E-state index contributed by atoms with van der Waals surface area (Å²) in [5.41, 5.74) is 5.08. The van der Waals surface area contributed by atoms with Crippen molar-refractivity contribution in [1.82, 2.24) is 5.43 Å². The molecule has 0 atom stereocenters.